The van der Waals surface area contributed by atoms with Crippen molar-refractivity contribution in [2.75, 3.05) is 13.2 Å². The van der Waals surface area contributed by atoms with Gasteiger partial charge < -0.3 is 14.8 Å². The fraction of sp³-hybridized carbons (Fsp3) is 0.562. The van der Waals surface area contributed by atoms with E-state index in [0.717, 1.165) is 25.7 Å². The third kappa shape index (κ3) is 3.68. The number of nitrogens with zero attached hydrogens (tertiary/aromatic N) is 1. The number of amides is 1. The first-order chi connectivity index (χ1) is 11.1. The molecule has 1 aromatic carbocycles. The Morgan fingerprint density at radius 2 is 2.13 bits per heavy atom. The Hall–Kier alpha value is -1.99. The minimum Gasteiger partial charge on any atom is -0.349 e. The Kier molecular flexibility index (Phi) is 4.58. The van der Waals surface area contributed by atoms with E-state index < -0.39 is 10.7 Å². The molecule has 1 saturated heterocycles. The van der Waals surface area contributed by atoms with Gasteiger partial charge >= 0.3 is 0 Å². The van der Waals surface area contributed by atoms with Crippen molar-refractivity contribution < 1.29 is 19.2 Å². The van der Waals surface area contributed by atoms with Crippen LogP contribution in [0.3, 0.4) is 0 Å². The monoisotopic (exact) mass is 320 g/mol. The number of nitrogens with one attached hydrogen (secondary N) is 1. The molecule has 0 aromatic heterocycles. The second-order valence-corrected chi connectivity index (χ2v) is 6.04. The molecule has 1 aliphatic heterocycles. The van der Waals surface area contributed by atoms with Crippen molar-refractivity contribution in [3.05, 3.63) is 39.9 Å². The predicted octanol–water partition coefficient (Wildman–Crippen LogP) is 2.40. The average molecular weight is 320 g/mol. The van der Waals surface area contributed by atoms with E-state index in [1.54, 1.807) is 6.07 Å². The third-order valence-electron chi connectivity index (χ3n) is 4.34. The Bertz CT molecular complexity index is 598. The van der Waals surface area contributed by atoms with Crippen molar-refractivity contribution in [2.24, 2.45) is 0 Å². The fourth-order valence-electron chi connectivity index (χ4n) is 3.14. The van der Waals surface area contributed by atoms with Crippen molar-refractivity contribution in [3.63, 3.8) is 0 Å². The van der Waals surface area contributed by atoms with Crippen LogP contribution in [0.5, 0.6) is 0 Å². The lowest BCUT2D eigenvalue weighted by molar-refractivity contribution is -0.384. The van der Waals surface area contributed by atoms with Crippen LogP contribution in [0.15, 0.2) is 24.3 Å². The highest BCUT2D eigenvalue weighted by molar-refractivity contribution is 5.94. The second kappa shape index (κ2) is 6.64. The lowest BCUT2D eigenvalue weighted by Crippen LogP contribution is -2.37. The summed E-state index contributed by atoms with van der Waals surface area (Å²) in [7, 11) is 0. The van der Waals surface area contributed by atoms with Crippen LogP contribution in [0.25, 0.3) is 0 Å². The summed E-state index contributed by atoms with van der Waals surface area (Å²) in [6.07, 6.45) is 5.06. The summed E-state index contributed by atoms with van der Waals surface area (Å²) < 4.78 is 11.8. The van der Waals surface area contributed by atoms with Crippen LogP contribution in [0.1, 0.15) is 42.5 Å². The van der Waals surface area contributed by atoms with Gasteiger partial charge in [0.05, 0.1) is 11.5 Å². The van der Waals surface area contributed by atoms with E-state index in [2.05, 4.69) is 5.32 Å². The van der Waals surface area contributed by atoms with Gasteiger partial charge in [-0.25, -0.2) is 0 Å². The highest BCUT2D eigenvalue weighted by atomic mass is 16.7. The molecule has 2 aliphatic rings. The number of hydrogen-bond donors (Lipinski definition) is 1. The maximum Gasteiger partial charge on any atom is 0.270 e. The first-order valence-electron chi connectivity index (χ1n) is 7.92. The van der Waals surface area contributed by atoms with Gasteiger partial charge in [0, 0.05) is 37.1 Å². The molecule has 1 spiro atoms. The molecule has 1 amide bonds. The van der Waals surface area contributed by atoms with Crippen LogP contribution in [0, 0.1) is 10.1 Å². The summed E-state index contributed by atoms with van der Waals surface area (Å²) in [5.74, 6) is -0.805. The Morgan fingerprint density at radius 1 is 1.35 bits per heavy atom. The van der Waals surface area contributed by atoms with E-state index in [1.165, 1.54) is 24.6 Å². The topological polar surface area (TPSA) is 90.7 Å². The molecule has 1 heterocycles. The molecule has 1 atom stereocenters. The van der Waals surface area contributed by atoms with Gasteiger partial charge in [-0.1, -0.05) is 12.5 Å². The van der Waals surface area contributed by atoms with Crippen LogP contribution in [0.4, 0.5) is 5.69 Å². The van der Waals surface area contributed by atoms with E-state index in [1.807, 2.05) is 0 Å². The SMILES string of the molecule is O=C(NC[C@H]1COC2(CCCCC2)O1)c1cccc([N+](=O)[O-])c1. The molecule has 0 bridgehead atoms. The molecule has 0 unspecified atom stereocenters. The first kappa shape index (κ1) is 15.9. The highest BCUT2D eigenvalue weighted by Crippen LogP contribution is 2.37. The molecule has 7 nitrogen and oxygen atoms in total. The summed E-state index contributed by atoms with van der Waals surface area (Å²) >= 11 is 0. The first-order valence-corrected chi connectivity index (χ1v) is 7.92. The summed E-state index contributed by atoms with van der Waals surface area (Å²) in [6, 6.07) is 5.68. The number of carbonyl (C=O) groups excluding carboxylic acids is 1. The van der Waals surface area contributed by atoms with E-state index in [0.29, 0.717) is 13.2 Å². The van der Waals surface area contributed by atoms with Crippen molar-refractivity contribution in [2.45, 2.75) is 44.0 Å². The molecule has 2 fully saturated rings. The molecule has 3 rings (SSSR count). The summed E-state index contributed by atoms with van der Waals surface area (Å²) in [5.41, 5.74) is 0.171. The number of rotatable bonds is 4. The van der Waals surface area contributed by atoms with Gasteiger partial charge in [-0.15, -0.1) is 0 Å². The van der Waals surface area contributed by atoms with Crippen molar-refractivity contribution >= 4 is 11.6 Å². The van der Waals surface area contributed by atoms with E-state index in [4.69, 9.17) is 9.47 Å². The molecule has 0 radical (unpaired) electrons. The number of nitro benzene ring substituents is 1. The second-order valence-electron chi connectivity index (χ2n) is 6.04. The summed E-state index contributed by atoms with van der Waals surface area (Å²) in [4.78, 5) is 22.3. The maximum atomic E-state index is 12.1. The summed E-state index contributed by atoms with van der Waals surface area (Å²) in [5, 5.41) is 13.5. The van der Waals surface area contributed by atoms with Gasteiger partial charge in [0.15, 0.2) is 5.79 Å². The maximum absolute atomic E-state index is 12.1. The van der Waals surface area contributed by atoms with Gasteiger partial charge in [-0.2, -0.15) is 0 Å². The van der Waals surface area contributed by atoms with Gasteiger partial charge in [0.2, 0.25) is 0 Å². The molecule has 1 N–H and O–H groups in total. The standard InChI is InChI=1S/C16H20N2O5/c19-15(12-5-4-6-13(9-12)18(20)21)17-10-14-11-22-16(23-14)7-2-1-3-8-16/h4-6,9,14H,1-3,7-8,10-11H2,(H,17,19)/t14-/m0/s1. The van der Waals surface area contributed by atoms with Crippen LogP contribution < -0.4 is 5.32 Å². The van der Waals surface area contributed by atoms with Crippen molar-refractivity contribution in [1.29, 1.82) is 0 Å². The predicted molar refractivity (Wildman–Crippen MR) is 82.1 cm³/mol. The number of non-ortho nitro benzene ring substituents is 1. The zero-order valence-electron chi connectivity index (χ0n) is 12.8. The quantitative estimate of drug-likeness (QED) is 0.679. The smallest absolute Gasteiger partial charge is 0.270 e. The van der Waals surface area contributed by atoms with Crippen LogP contribution in [0.2, 0.25) is 0 Å². The van der Waals surface area contributed by atoms with Gasteiger partial charge in [0.25, 0.3) is 11.6 Å². The molecular weight excluding hydrogens is 300 g/mol. The molecule has 1 aliphatic carbocycles. The molecule has 1 aromatic rings. The number of benzene rings is 1. The Morgan fingerprint density at radius 3 is 2.87 bits per heavy atom. The summed E-state index contributed by atoms with van der Waals surface area (Å²) in [6.45, 7) is 0.804. The highest BCUT2D eigenvalue weighted by Gasteiger charge is 2.42. The molecular formula is C16H20N2O5. The number of nitro groups is 1. The molecule has 124 valence electrons. The zero-order chi connectivity index (χ0) is 16.3. The normalized spacial score (nSPS) is 22.9. The van der Waals surface area contributed by atoms with E-state index in [-0.39, 0.29) is 23.3 Å². The number of carbonyl (C=O) groups is 1. The lowest BCUT2D eigenvalue weighted by Gasteiger charge is -2.31. The van der Waals surface area contributed by atoms with Crippen LogP contribution in [-0.4, -0.2) is 35.9 Å². The largest absolute Gasteiger partial charge is 0.349 e. The van der Waals surface area contributed by atoms with E-state index >= 15 is 0 Å². The third-order valence-corrected chi connectivity index (χ3v) is 4.34. The van der Waals surface area contributed by atoms with E-state index in [9.17, 15) is 14.9 Å². The molecule has 7 heteroatoms. The van der Waals surface area contributed by atoms with Gasteiger partial charge in [-0.05, 0) is 18.9 Å². The van der Waals surface area contributed by atoms with Crippen molar-refractivity contribution in [3.8, 4) is 0 Å². The average Bonchev–Trinajstić information content (AvgIpc) is 2.96. The van der Waals surface area contributed by atoms with Crippen LogP contribution in [-0.2, 0) is 9.47 Å². The number of ether oxygens (including phenoxy) is 2. The molecule has 23 heavy (non-hydrogen) atoms. The number of hydrogen-bond acceptors (Lipinski definition) is 5. The Balaban J connectivity index is 1.53. The minimum atomic E-state index is -0.516. The minimum absolute atomic E-state index is 0.0979. The van der Waals surface area contributed by atoms with Crippen molar-refractivity contribution in [1.82, 2.24) is 5.32 Å². The fourth-order valence-corrected chi connectivity index (χ4v) is 3.14. The van der Waals surface area contributed by atoms with Gasteiger partial charge in [0.1, 0.15) is 6.10 Å². The van der Waals surface area contributed by atoms with Gasteiger partial charge in [-0.3, -0.25) is 14.9 Å². The zero-order valence-corrected chi connectivity index (χ0v) is 12.8. The lowest BCUT2D eigenvalue weighted by atomic mass is 9.94. The molecule has 1 saturated carbocycles. The van der Waals surface area contributed by atoms with Crippen LogP contribution >= 0.6 is 0 Å². The Labute approximate surface area is 134 Å².